The Hall–Kier alpha value is -3.55. The smallest absolute Gasteiger partial charge is 0.410 e. The van der Waals surface area contributed by atoms with Crippen LogP contribution in [0.5, 0.6) is 11.8 Å². The van der Waals surface area contributed by atoms with Crippen molar-refractivity contribution in [1.29, 1.82) is 0 Å². The summed E-state index contributed by atoms with van der Waals surface area (Å²) in [7, 11) is 1.52. The van der Waals surface area contributed by atoms with Crippen LogP contribution >= 0.6 is 11.6 Å². The lowest BCUT2D eigenvalue weighted by Crippen LogP contribution is -2.57. The minimum atomic E-state index is -0.921. The van der Waals surface area contributed by atoms with E-state index in [0.717, 1.165) is 37.8 Å². The van der Waals surface area contributed by atoms with Crippen molar-refractivity contribution in [3.8, 4) is 23.0 Å². The lowest BCUT2D eigenvalue weighted by Gasteiger charge is -2.42. The van der Waals surface area contributed by atoms with E-state index in [1.165, 1.54) is 7.11 Å². The monoisotopic (exact) mass is 728 g/mol. The van der Waals surface area contributed by atoms with Crippen molar-refractivity contribution in [3.63, 3.8) is 0 Å². The van der Waals surface area contributed by atoms with Gasteiger partial charge in [0.15, 0.2) is 12.6 Å². The number of nitrogens with zero attached hydrogens (tertiary/aromatic N) is 6. The molecule has 2 unspecified atom stereocenters. The molecule has 2 aromatic heterocycles. The highest BCUT2D eigenvalue weighted by Crippen LogP contribution is 2.43. The highest BCUT2D eigenvalue weighted by atomic mass is 35.5. The Morgan fingerprint density at radius 1 is 1.12 bits per heavy atom. The summed E-state index contributed by atoms with van der Waals surface area (Å²) in [5, 5.41) is 0.840. The van der Waals surface area contributed by atoms with Gasteiger partial charge in [-0.1, -0.05) is 25.4 Å². The van der Waals surface area contributed by atoms with E-state index in [0.29, 0.717) is 53.6 Å². The molecular weight excluding hydrogens is 682 g/mol. The second kappa shape index (κ2) is 13.8. The fraction of sp³-hybridized carbons (Fsp3) is 0.622. The Kier molecular flexibility index (Phi) is 9.68. The maximum absolute atomic E-state index is 17.1. The van der Waals surface area contributed by atoms with E-state index in [1.807, 2.05) is 39.5 Å². The zero-order valence-corrected chi connectivity index (χ0v) is 30.9. The number of methoxy groups -OCH3 is 1. The molecule has 2 bridgehead atoms. The highest BCUT2D eigenvalue weighted by molar-refractivity contribution is 6.32. The number of carbonyl (C=O) groups is 1. The predicted molar refractivity (Wildman–Crippen MR) is 190 cm³/mol. The molecule has 0 N–H and O–H groups in total. The van der Waals surface area contributed by atoms with Crippen LogP contribution in [0.2, 0.25) is 5.02 Å². The number of carbonyl (C=O) groups excluding carboxylic acids is 1. The second-order valence-electron chi connectivity index (χ2n) is 15.6. The normalized spacial score (nSPS) is 24.9. The first-order valence-electron chi connectivity index (χ1n) is 17.9. The van der Waals surface area contributed by atoms with Crippen molar-refractivity contribution in [3.05, 3.63) is 34.7 Å². The van der Waals surface area contributed by atoms with Crippen molar-refractivity contribution in [2.24, 2.45) is 0 Å². The van der Waals surface area contributed by atoms with Gasteiger partial charge in [-0.2, -0.15) is 9.97 Å². The van der Waals surface area contributed by atoms with Crippen molar-refractivity contribution < 1.29 is 32.5 Å². The van der Waals surface area contributed by atoms with Crippen LogP contribution in [-0.2, 0) is 9.47 Å². The molecule has 4 saturated heterocycles. The summed E-state index contributed by atoms with van der Waals surface area (Å²) in [6, 6.07) is 3.19. The number of fused-ring (bicyclic) bond motifs is 4. The minimum absolute atomic E-state index is 0.00698. The molecule has 276 valence electrons. The number of hydrogen-bond donors (Lipinski definition) is 0. The fourth-order valence-corrected chi connectivity index (χ4v) is 8.86. The van der Waals surface area contributed by atoms with Gasteiger partial charge in [-0.15, -0.1) is 0 Å². The average Bonchev–Trinajstić information content (AvgIpc) is 3.68. The minimum Gasteiger partial charge on any atom is -0.467 e. The Morgan fingerprint density at radius 2 is 1.86 bits per heavy atom. The van der Waals surface area contributed by atoms with E-state index in [4.69, 9.17) is 35.5 Å². The van der Waals surface area contributed by atoms with Crippen LogP contribution in [0, 0.1) is 5.82 Å². The second-order valence-corrected chi connectivity index (χ2v) is 16.0. The number of pyridine rings is 1. The number of benzene rings is 1. The molecule has 7 rings (SSSR count). The molecular formula is C37H47ClF2N6O5. The van der Waals surface area contributed by atoms with Crippen LogP contribution in [0.25, 0.3) is 22.2 Å². The van der Waals surface area contributed by atoms with E-state index in [1.54, 1.807) is 18.3 Å². The van der Waals surface area contributed by atoms with Gasteiger partial charge in [0, 0.05) is 49.9 Å². The molecule has 4 fully saturated rings. The number of halogens is 3. The van der Waals surface area contributed by atoms with Crippen LogP contribution in [0.15, 0.2) is 18.3 Å². The van der Waals surface area contributed by atoms with Gasteiger partial charge < -0.3 is 23.8 Å². The Bertz CT molecular complexity index is 1800. The molecule has 3 aromatic rings. The molecule has 0 radical (unpaired) electrons. The number of aromatic nitrogens is 3. The summed E-state index contributed by atoms with van der Waals surface area (Å²) in [6.07, 6.45) is 4.12. The molecule has 1 aromatic carbocycles. The van der Waals surface area contributed by atoms with Crippen LogP contribution in [0.3, 0.4) is 0 Å². The molecule has 14 heteroatoms. The summed E-state index contributed by atoms with van der Waals surface area (Å²) >= 11 is 6.75. The summed E-state index contributed by atoms with van der Waals surface area (Å²) in [5.41, 5.74) is 0.257. The van der Waals surface area contributed by atoms with Crippen molar-refractivity contribution in [2.75, 3.05) is 51.6 Å². The lowest BCUT2D eigenvalue weighted by molar-refractivity contribution is 0.0122. The van der Waals surface area contributed by atoms with Gasteiger partial charge in [-0.25, -0.2) is 13.6 Å². The summed E-state index contributed by atoms with van der Waals surface area (Å²) in [5.74, 6) is 0.181. The SMILES string of the molecule is COCOc1cc(Cl)c(C(C)C)c(-c2ncc3c(N4CC5CCC(C4)N5C(=O)OC(C)(C)C)nc(OC[C@@]45CCCN4C[C@H](F)C5)nc3c2F)c1. The van der Waals surface area contributed by atoms with Gasteiger partial charge in [0.05, 0.1) is 23.0 Å². The maximum atomic E-state index is 17.1. The van der Waals surface area contributed by atoms with Gasteiger partial charge in [-0.3, -0.25) is 14.8 Å². The number of rotatable bonds is 9. The third-order valence-corrected chi connectivity index (χ3v) is 10.9. The first kappa shape index (κ1) is 35.8. The molecule has 6 heterocycles. The molecule has 1 amide bonds. The Labute approximate surface area is 302 Å². The van der Waals surface area contributed by atoms with Crippen molar-refractivity contribution in [1.82, 2.24) is 24.8 Å². The van der Waals surface area contributed by atoms with Crippen molar-refractivity contribution >= 4 is 34.4 Å². The van der Waals surface area contributed by atoms with Crippen LogP contribution < -0.4 is 14.4 Å². The lowest BCUT2D eigenvalue weighted by atomic mass is 9.94. The number of ether oxygens (including phenoxy) is 4. The van der Waals surface area contributed by atoms with Gasteiger partial charge >= 0.3 is 12.1 Å². The van der Waals surface area contributed by atoms with Gasteiger partial charge in [0.1, 0.15) is 41.2 Å². The molecule has 0 spiro atoms. The van der Waals surface area contributed by atoms with Gasteiger partial charge in [0.2, 0.25) is 0 Å². The van der Waals surface area contributed by atoms with E-state index in [9.17, 15) is 9.18 Å². The zero-order valence-electron chi connectivity index (χ0n) is 30.2. The number of piperazine rings is 1. The standard InChI is InChI=1S/C37H47ClF2N6O5/c1-21(2)29-26(12-25(13-28(29)38)50-20-48-6)31-30(40)32-27(15-41-31)33(43-34(42-32)49-19-37-10-7-11-45(37)16-22(39)14-37)44-17-23-8-9-24(18-44)46(23)35(47)51-36(3,4)5/h12-13,15,21-24H,7-11,14,16-20H2,1-6H3/t22-,23?,24?,37+/m1/s1. The zero-order chi connectivity index (χ0) is 36.2. The van der Waals surface area contributed by atoms with E-state index in [2.05, 4.69) is 19.8 Å². The molecule has 4 atom stereocenters. The van der Waals surface area contributed by atoms with Gasteiger partial charge in [-0.05, 0) is 76.6 Å². The number of hydrogen-bond acceptors (Lipinski definition) is 10. The Morgan fingerprint density at radius 3 is 2.55 bits per heavy atom. The maximum Gasteiger partial charge on any atom is 0.410 e. The summed E-state index contributed by atoms with van der Waals surface area (Å²) < 4.78 is 54.5. The van der Waals surface area contributed by atoms with E-state index < -0.39 is 23.1 Å². The van der Waals surface area contributed by atoms with Crippen LogP contribution in [0.4, 0.5) is 19.4 Å². The van der Waals surface area contributed by atoms with Gasteiger partial charge in [0.25, 0.3) is 0 Å². The number of amides is 1. The molecule has 51 heavy (non-hydrogen) atoms. The fourth-order valence-electron chi connectivity index (χ4n) is 8.44. The molecule has 0 aliphatic carbocycles. The van der Waals surface area contributed by atoms with E-state index >= 15 is 4.39 Å². The third-order valence-electron chi connectivity index (χ3n) is 10.5. The number of alkyl halides is 1. The largest absolute Gasteiger partial charge is 0.467 e. The molecule has 4 aliphatic heterocycles. The quantitative estimate of drug-likeness (QED) is 0.212. The van der Waals surface area contributed by atoms with Crippen molar-refractivity contribution in [2.45, 2.75) is 102 Å². The molecule has 4 aliphatic rings. The average molecular weight is 729 g/mol. The first-order chi connectivity index (χ1) is 24.3. The molecule has 11 nitrogen and oxygen atoms in total. The summed E-state index contributed by atoms with van der Waals surface area (Å²) in [6.45, 7) is 11.9. The Balaban J connectivity index is 1.30. The topological polar surface area (TPSA) is 102 Å². The van der Waals surface area contributed by atoms with Crippen LogP contribution in [-0.4, -0.2) is 107 Å². The first-order valence-corrected chi connectivity index (χ1v) is 18.2. The third kappa shape index (κ3) is 6.89. The van der Waals surface area contributed by atoms with E-state index in [-0.39, 0.29) is 54.7 Å². The summed E-state index contributed by atoms with van der Waals surface area (Å²) in [4.78, 5) is 33.5. The highest BCUT2D eigenvalue weighted by Gasteiger charge is 2.50. The predicted octanol–water partition coefficient (Wildman–Crippen LogP) is 7.13. The number of anilines is 1. The van der Waals surface area contributed by atoms with Crippen LogP contribution in [0.1, 0.15) is 78.2 Å². The molecule has 0 saturated carbocycles.